The molecule has 0 amide bonds. The minimum Gasteiger partial charge on any atom is -0.697 e. The fraction of sp³-hybridized carbons (Fsp3) is 0.0909. The maximum absolute atomic E-state index is 10.4. The largest absolute Gasteiger partial charge is 0.697 e. The van der Waals surface area contributed by atoms with Gasteiger partial charge >= 0.3 is 0 Å². The summed E-state index contributed by atoms with van der Waals surface area (Å²) in [6.07, 6.45) is 3.44. The molecule has 0 unspecified atom stereocenters. The van der Waals surface area contributed by atoms with Crippen molar-refractivity contribution in [3.63, 3.8) is 0 Å². The van der Waals surface area contributed by atoms with E-state index in [2.05, 4.69) is 0 Å². The molecule has 0 aromatic heterocycles. The number of hydrogen-bond donors (Lipinski definition) is 3. The van der Waals surface area contributed by atoms with E-state index in [1.807, 2.05) is 0 Å². The van der Waals surface area contributed by atoms with Gasteiger partial charge in [0.2, 0.25) is 0 Å². The van der Waals surface area contributed by atoms with Gasteiger partial charge in [0, 0.05) is 38.8 Å². The molecule has 0 aliphatic heterocycles. The molecule has 153 valence electrons. The Bertz CT molecular complexity index is 1150. The molecule has 3 aromatic rings. The number of para-hydroxylation sites is 2. The normalized spacial score (nSPS) is 11.8. The first-order chi connectivity index (χ1) is 13.5. The molecule has 5 N–H and O–H groups in total. The van der Waals surface area contributed by atoms with Crippen molar-refractivity contribution in [1.29, 1.82) is 0 Å². The van der Waals surface area contributed by atoms with Gasteiger partial charge in [0.05, 0.1) is 14.2 Å². The average molecular weight is 436 g/mol. The van der Waals surface area contributed by atoms with Crippen LogP contribution in [0.15, 0.2) is 48.5 Å². The molecule has 7 heteroatoms. The molecule has 0 bridgehead atoms. The number of nitrogen functional groups attached to an aromatic ring is 1. The summed E-state index contributed by atoms with van der Waals surface area (Å²) in [5, 5.41) is 22.0. The van der Waals surface area contributed by atoms with Gasteiger partial charge in [0.15, 0.2) is 23.0 Å². The monoisotopic (exact) mass is 436 g/mol. The molecule has 0 atom stereocenters. The number of nitrogens with one attached hydrogen (secondary N) is 1. The Labute approximate surface area is 178 Å². The number of hydrogen-bond acceptors (Lipinski definition) is 5. The Kier molecular flexibility index (Phi) is 7.03. The Hall–Kier alpha value is -3.29. The van der Waals surface area contributed by atoms with Crippen LogP contribution in [0, 0.1) is 0 Å². The molecule has 0 aliphatic carbocycles. The smallest absolute Gasteiger partial charge is 0.165 e. The van der Waals surface area contributed by atoms with Crippen molar-refractivity contribution in [3.8, 4) is 23.0 Å². The van der Waals surface area contributed by atoms with Crippen LogP contribution in [0.4, 0.5) is 11.4 Å². The Balaban J connectivity index is 0.00000300. The second kappa shape index (κ2) is 9.27. The van der Waals surface area contributed by atoms with E-state index in [-0.39, 0.29) is 39.7 Å². The molecule has 3 aromatic carbocycles. The molecule has 0 fully saturated rings. The van der Waals surface area contributed by atoms with Crippen LogP contribution in [0.25, 0.3) is 17.9 Å². The molecular weight excluding hydrogens is 415 g/mol. The second-order valence-corrected chi connectivity index (χ2v) is 6.11. The predicted octanol–water partition coefficient (Wildman–Crippen LogP) is 3.04. The van der Waals surface area contributed by atoms with E-state index in [0.29, 0.717) is 33.1 Å². The van der Waals surface area contributed by atoms with Gasteiger partial charge in [-0.3, -0.25) is 0 Å². The van der Waals surface area contributed by atoms with Crippen LogP contribution in [0.2, 0.25) is 0 Å². The molecule has 3 rings (SSSR count). The first kappa shape index (κ1) is 22.0. The van der Waals surface area contributed by atoms with Gasteiger partial charge in [-0.25, -0.2) is 0 Å². The standard InChI is InChI=1S/C22H21N2O4.Co/c1-27-18-7-3-5-14(21(18)25)11-13-9-10-17(23)20(24)16(13)12-15-6-4-8-19(28-2)22(15)26;/h3-12,23,25-26H,24H2,1-2H3;/q-1;. The van der Waals surface area contributed by atoms with E-state index in [1.54, 1.807) is 60.7 Å². The van der Waals surface area contributed by atoms with Crippen molar-refractivity contribution < 1.29 is 36.5 Å². The quantitative estimate of drug-likeness (QED) is 0.545. The molecular formula is C22H21CoN2O4-. The number of phenolic OH excluding ortho intramolecular Hbond substituents is 2. The number of aromatic hydroxyl groups is 2. The SMILES string of the molecule is COc1cccc(C=c2ccc([NH-])c(N)c2=Cc2cccc(OC)c2O)c1O.[Co]. The Morgan fingerprint density at radius 2 is 1.34 bits per heavy atom. The number of methoxy groups -OCH3 is 2. The van der Waals surface area contributed by atoms with Gasteiger partial charge in [-0.2, -0.15) is 0 Å². The van der Waals surface area contributed by atoms with Crippen molar-refractivity contribution in [3.05, 3.63) is 75.8 Å². The number of rotatable bonds is 4. The van der Waals surface area contributed by atoms with E-state index >= 15 is 0 Å². The minimum atomic E-state index is -0.0186. The molecule has 0 saturated carbocycles. The number of nitrogens with two attached hydrogens (primary N) is 1. The van der Waals surface area contributed by atoms with Gasteiger partial charge in [-0.05, 0) is 29.5 Å². The van der Waals surface area contributed by atoms with Crippen LogP contribution in [-0.4, -0.2) is 24.4 Å². The zero-order valence-electron chi connectivity index (χ0n) is 15.9. The summed E-state index contributed by atoms with van der Waals surface area (Å²) in [6.45, 7) is 0. The van der Waals surface area contributed by atoms with E-state index in [4.69, 9.17) is 20.9 Å². The number of anilines is 1. The summed E-state index contributed by atoms with van der Waals surface area (Å²) < 4.78 is 10.3. The van der Waals surface area contributed by atoms with Crippen LogP contribution in [0.1, 0.15) is 11.1 Å². The first-order valence-electron chi connectivity index (χ1n) is 8.51. The van der Waals surface area contributed by atoms with Gasteiger partial charge in [-0.1, -0.05) is 36.4 Å². The number of phenols is 2. The van der Waals surface area contributed by atoms with Crippen LogP contribution in [0.5, 0.6) is 23.0 Å². The third-order valence-electron chi connectivity index (χ3n) is 4.43. The van der Waals surface area contributed by atoms with Gasteiger partial charge in [0.25, 0.3) is 0 Å². The predicted molar refractivity (Wildman–Crippen MR) is 111 cm³/mol. The van der Waals surface area contributed by atoms with Crippen molar-refractivity contribution >= 4 is 23.5 Å². The third-order valence-corrected chi connectivity index (χ3v) is 4.43. The molecule has 0 saturated heterocycles. The van der Waals surface area contributed by atoms with Crippen LogP contribution >= 0.6 is 0 Å². The molecule has 29 heavy (non-hydrogen) atoms. The Morgan fingerprint density at radius 3 is 1.86 bits per heavy atom. The maximum atomic E-state index is 10.4. The molecule has 0 spiro atoms. The minimum absolute atomic E-state index is 0. The summed E-state index contributed by atoms with van der Waals surface area (Å²) in [5.74, 6) is 0.684. The number of benzene rings is 3. The molecule has 1 radical (unpaired) electrons. The van der Waals surface area contributed by atoms with Gasteiger partial charge in [-0.15, -0.1) is 5.69 Å². The molecule has 0 aliphatic rings. The van der Waals surface area contributed by atoms with Gasteiger partial charge in [0.1, 0.15) is 0 Å². The van der Waals surface area contributed by atoms with Crippen molar-refractivity contribution in [2.45, 2.75) is 0 Å². The van der Waals surface area contributed by atoms with Crippen LogP contribution in [0.3, 0.4) is 0 Å². The Morgan fingerprint density at radius 1 is 0.828 bits per heavy atom. The number of ether oxygens (including phenoxy) is 2. The van der Waals surface area contributed by atoms with Crippen molar-refractivity contribution in [1.82, 2.24) is 0 Å². The van der Waals surface area contributed by atoms with Crippen LogP contribution < -0.4 is 25.6 Å². The molecule has 6 nitrogen and oxygen atoms in total. The topological polar surface area (TPSA) is 109 Å². The molecule has 0 heterocycles. The maximum Gasteiger partial charge on any atom is 0.165 e. The zero-order chi connectivity index (χ0) is 20.3. The summed E-state index contributed by atoms with van der Waals surface area (Å²) in [5.41, 5.74) is 15.7. The van der Waals surface area contributed by atoms with Crippen LogP contribution in [-0.2, 0) is 16.8 Å². The first-order valence-corrected chi connectivity index (χ1v) is 8.51. The van der Waals surface area contributed by atoms with E-state index in [0.717, 1.165) is 0 Å². The summed E-state index contributed by atoms with van der Waals surface area (Å²) in [7, 11) is 2.96. The third kappa shape index (κ3) is 4.42. The fourth-order valence-corrected chi connectivity index (χ4v) is 2.90. The average Bonchev–Trinajstić information content (AvgIpc) is 2.70. The van der Waals surface area contributed by atoms with Crippen molar-refractivity contribution in [2.75, 3.05) is 20.0 Å². The van der Waals surface area contributed by atoms with E-state index in [9.17, 15) is 10.2 Å². The zero-order valence-corrected chi connectivity index (χ0v) is 16.9. The van der Waals surface area contributed by atoms with E-state index < -0.39 is 0 Å². The van der Waals surface area contributed by atoms with Gasteiger partial charge < -0.3 is 31.2 Å². The van der Waals surface area contributed by atoms with E-state index in [1.165, 1.54) is 14.2 Å². The van der Waals surface area contributed by atoms with Crippen molar-refractivity contribution in [2.24, 2.45) is 0 Å². The second-order valence-electron chi connectivity index (χ2n) is 6.11. The summed E-state index contributed by atoms with van der Waals surface area (Å²) in [4.78, 5) is 0. The summed E-state index contributed by atoms with van der Waals surface area (Å²) >= 11 is 0. The summed E-state index contributed by atoms with van der Waals surface area (Å²) in [6, 6.07) is 13.6. The fourth-order valence-electron chi connectivity index (χ4n) is 2.90.